The van der Waals surface area contributed by atoms with Gasteiger partial charge < -0.3 is 8.98 Å². The van der Waals surface area contributed by atoms with E-state index in [2.05, 4.69) is 167 Å². The van der Waals surface area contributed by atoms with Crippen molar-refractivity contribution in [3.8, 4) is 62.1 Å². The zero-order valence-electron chi connectivity index (χ0n) is 32.2. The lowest BCUT2D eigenvalue weighted by Gasteiger charge is -2.12. The van der Waals surface area contributed by atoms with Crippen molar-refractivity contribution in [1.82, 2.24) is 24.5 Å². The van der Waals surface area contributed by atoms with Crippen LogP contribution in [0.3, 0.4) is 0 Å². The van der Waals surface area contributed by atoms with Crippen LogP contribution in [0.1, 0.15) is 0 Å². The molecule has 4 heterocycles. The summed E-state index contributed by atoms with van der Waals surface area (Å²) in [5.41, 5.74) is 12.3. The first-order valence-electron chi connectivity index (χ1n) is 20.0. The maximum absolute atomic E-state index is 6.25. The van der Waals surface area contributed by atoms with Crippen molar-refractivity contribution >= 4 is 54.5 Å². The van der Waals surface area contributed by atoms with Crippen LogP contribution in [-0.2, 0) is 0 Å². The van der Waals surface area contributed by atoms with Gasteiger partial charge in [-0.3, -0.25) is 4.98 Å². The predicted octanol–water partition coefficient (Wildman–Crippen LogP) is 13.8. The van der Waals surface area contributed by atoms with E-state index in [0.29, 0.717) is 17.5 Å². The van der Waals surface area contributed by atoms with Crippen molar-refractivity contribution in [3.05, 3.63) is 200 Å². The Balaban J connectivity index is 0.970. The Bertz CT molecular complexity index is 3550. The molecule has 0 bridgehead atoms. The van der Waals surface area contributed by atoms with E-state index in [1.165, 1.54) is 32.9 Å². The van der Waals surface area contributed by atoms with Gasteiger partial charge in [-0.25, -0.2) is 15.0 Å². The van der Waals surface area contributed by atoms with Gasteiger partial charge in [-0.1, -0.05) is 140 Å². The van der Waals surface area contributed by atoms with Crippen LogP contribution in [0.2, 0.25) is 0 Å². The Morgan fingerprint density at radius 1 is 0.383 bits per heavy atom. The SMILES string of the molecule is c1ccc(-c2ccc3cc(-c4nc(-c5ccc(-c6cccc(-n7c8ccccc8c8ccccc87)c6)cc5)nc(-c5cccc6oc7ccncc7c56)n4)ccc3c2)cc1. The minimum atomic E-state index is 0.564. The molecule has 280 valence electrons. The molecule has 12 aromatic rings. The molecule has 0 aliphatic heterocycles. The molecule has 0 amide bonds. The molecule has 0 radical (unpaired) electrons. The van der Waals surface area contributed by atoms with Crippen LogP contribution in [0.5, 0.6) is 0 Å². The van der Waals surface area contributed by atoms with Crippen LogP contribution < -0.4 is 0 Å². The molecular formula is C54H33N5O. The molecule has 0 spiro atoms. The second kappa shape index (κ2) is 13.7. The summed E-state index contributed by atoms with van der Waals surface area (Å²) in [6.07, 6.45) is 3.59. The number of hydrogen-bond donors (Lipinski definition) is 0. The third kappa shape index (κ3) is 5.65. The zero-order valence-corrected chi connectivity index (χ0v) is 32.2. The third-order valence-corrected chi connectivity index (χ3v) is 11.5. The first-order valence-corrected chi connectivity index (χ1v) is 20.0. The Morgan fingerprint density at radius 2 is 0.967 bits per heavy atom. The van der Waals surface area contributed by atoms with E-state index in [-0.39, 0.29) is 0 Å². The van der Waals surface area contributed by atoms with Crippen LogP contribution in [0.25, 0.3) is 117 Å². The molecule has 0 N–H and O–H groups in total. The van der Waals surface area contributed by atoms with Gasteiger partial charge >= 0.3 is 0 Å². The highest BCUT2D eigenvalue weighted by Gasteiger charge is 2.19. The topological polar surface area (TPSA) is 69.6 Å². The smallest absolute Gasteiger partial charge is 0.164 e. The maximum atomic E-state index is 6.25. The Kier molecular flexibility index (Phi) is 7.74. The number of hydrogen-bond acceptors (Lipinski definition) is 5. The Labute approximate surface area is 344 Å². The van der Waals surface area contributed by atoms with Gasteiger partial charge in [0.05, 0.1) is 11.0 Å². The second-order valence-electron chi connectivity index (χ2n) is 15.1. The molecule has 60 heavy (non-hydrogen) atoms. The van der Waals surface area contributed by atoms with Crippen LogP contribution in [0, 0.1) is 0 Å². The fraction of sp³-hybridized carbons (Fsp3) is 0. The average molecular weight is 768 g/mol. The number of rotatable bonds is 6. The minimum Gasteiger partial charge on any atom is -0.456 e. The molecule has 0 unspecified atom stereocenters. The summed E-state index contributed by atoms with van der Waals surface area (Å²) in [4.78, 5) is 19.9. The molecule has 0 saturated heterocycles. The molecule has 0 atom stereocenters. The molecule has 4 aromatic heterocycles. The van der Waals surface area contributed by atoms with Gasteiger partial charge in [-0.15, -0.1) is 0 Å². The van der Waals surface area contributed by atoms with Gasteiger partial charge in [-0.05, 0) is 81.6 Å². The number of aromatic nitrogens is 5. The monoisotopic (exact) mass is 767 g/mol. The molecule has 8 aromatic carbocycles. The first-order chi connectivity index (χ1) is 29.7. The van der Waals surface area contributed by atoms with Crippen molar-refractivity contribution in [3.63, 3.8) is 0 Å². The highest BCUT2D eigenvalue weighted by Crippen LogP contribution is 2.38. The van der Waals surface area contributed by atoms with Gasteiger partial charge in [0.1, 0.15) is 11.2 Å². The zero-order chi connectivity index (χ0) is 39.6. The fourth-order valence-electron chi connectivity index (χ4n) is 8.64. The van der Waals surface area contributed by atoms with E-state index in [9.17, 15) is 0 Å². The van der Waals surface area contributed by atoms with E-state index < -0.39 is 0 Å². The summed E-state index contributed by atoms with van der Waals surface area (Å²) in [6.45, 7) is 0. The van der Waals surface area contributed by atoms with Crippen LogP contribution in [0.15, 0.2) is 205 Å². The van der Waals surface area contributed by atoms with E-state index >= 15 is 0 Å². The van der Waals surface area contributed by atoms with Gasteiger partial charge in [0.25, 0.3) is 0 Å². The lowest BCUT2D eigenvalue weighted by atomic mass is 10.00. The van der Waals surface area contributed by atoms with Gasteiger partial charge in [0.2, 0.25) is 0 Å². The van der Waals surface area contributed by atoms with Crippen molar-refractivity contribution in [2.45, 2.75) is 0 Å². The van der Waals surface area contributed by atoms with Crippen molar-refractivity contribution in [2.24, 2.45) is 0 Å². The highest BCUT2D eigenvalue weighted by molar-refractivity contribution is 6.12. The number of nitrogens with zero attached hydrogens (tertiary/aromatic N) is 5. The summed E-state index contributed by atoms with van der Waals surface area (Å²) in [6, 6.07) is 65.8. The van der Waals surface area contributed by atoms with Crippen LogP contribution in [-0.4, -0.2) is 24.5 Å². The van der Waals surface area contributed by atoms with Crippen LogP contribution >= 0.6 is 0 Å². The molecule has 0 fully saturated rings. The molecule has 0 aliphatic carbocycles. The van der Waals surface area contributed by atoms with Crippen molar-refractivity contribution < 1.29 is 4.42 Å². The summed E-state index contributed by atoms with van der Waals surface area (Å²) in [7, 11) is 0. The van der Waals surface area contributed by atoms with E-state index in [4.69, 9.17) is 19.4 Å². The number of fused-ring (bicyclic) bond motifs is 7. The Morgan fingerprint density at radius 3 is 1.75 bits per heavy atom. The summed E-state index contributed by atoms with van der Waals surface area (Å²) < 4.78 is 8.60. The van der Waals surface area contributed by atoms with Crippen molar-refractivity contribution in [1.29, 1.82) is 0 Å². The van der Waals surface area contributed by atoms with E-state index in [1.807, 2.05) is 36.5 Å². The molecular weight excluding hydrogens is 735 g/mol. The van der Waals surface area contributed by atoms with Gasteiger partial charge in [0.15, 0.2) is 17.5 Å². The Hall–Kier alpha value is -8.22. The standard InChI is InChI=1S/C54H33N5O/c1-2-10-34(11-3-1)38-24-25-40-31-41(27-26-39(40)30-38)53-56-52(57-54(58-53)45-16-9-19-50-51(45)46-33-55-29-28-49(46)60-50)36-22-20-35(21-23-36)37-12-8-13-42(32-37)59-47-17-6-4-14-43(47)44-15-5-7-18-48(44)59/h1-33H. The average Bonchev–Trinajstić information content (AvgIpc) is 3.88. The quantitative estimate of drug-likeness (QED) is 0.168. The summed E-state index contributed by atoms with van der Waals surface area (Å²) in [5, 5.41) is 6.59. The molecule has 6 nitrogen and oxygen atoms in total. The summed E-state index contributed by atoms with van der Waals surface area (Å²) >= 11 is 0. The van der Waals surface area contributed by atoms with E-state index in [1.54, 1.807) is 6.20 Å². The molecule has 6 heteroatoms. The number of pyridine rings is 1. The van der Waals surface area contributed by atoms with Crippen molar-refractivity contribution in [2.75, 3.05) is 0 Å². The lowest BCUT2D eigenvalue weighted by molar-refractivity contribution is 0.668. The third-order valence-electron chi connectivity index (χ3n) is 11.5. The van der Waals surface area contributed by atoms with Crippen LogP contribution in [0.4, 0.5) is 0 Å². The fourth-order valence-corrected chi connectivity index (χ4v) is 8.64. The highest BCUT2D eigenvalue weighted by atomic mass is 16.3. The molecule has 12 rings (SSSR count). The summed E-state index contributed by atoms with van der Waals surface area (Å²) in [5.74, 6) is 1.74. The minimum absolute atomic E-state index is 0.564. The number of para-hydroxylation sites is 2. The van der Waals surface area contributed by atoms with E-state index in [0.717, 1.165) is 66.2 Å². The molecule has 0 aliphatic rings. The predicted molar refractivity (Wildman–Crippen MR) is 244 cm³/mol. The molecule has 0 saturated carbocycles. The first kappa shape index (κ1) is 33.9. The normalized spacial score (nSPS) is 11.7. The van der Waals surface area contributed by atoms with Gasteiger partial charge in [-0.2, -0.15) is 0 Å². The largest absolute Gasteiger partial charge is 0.456 e. The van der Waals surface area contributed by atoms with Gasteiger partial charge in [0, 0.05) is 56.3 Å². The lowest BCUT2D eigenvalue weighted by Crippen LogP contribution is -2.00. The second-order valence-corrected chi connectivity index (χ2v) is 15.1. The maximum Gasteiger partial charge on any atom is 0.164 e. The number of furan rings is 1. The number of benzene rings is 8.